The zero-order chi connectivity index (χ0) is 26.3. The van der Waals surface area contributed by atoms with Crippen LogP contribution in [-0.4, -0.2) is 47.7 Å². The molecule has 0 bridgehead atoms. The van der Waals surface area contributed by atoms with Crippen molar-refractivity contribution in [2.45, 2.75) is 43.8 Å². The van der Waals surface area contributed by atoms with Crippen LogP contribution in [0.15, 0.2) is 24.4 Å². The van der Waals surface area contributed by atoms with Gasteiger partial charge in [-0.3, -0.25) is 9.78 Å². The van der Waals surface area contributed by atoms with Crippen LogP contribution in [0.25, 0.3) is 0 Å². The number of ether oxygens (including phenoxy) is 2. The lowest BCUT2D eigenvalue weighted by atomic mass is 9.77. The van der Waals surface area contributed by atoms with E-state index in [1.54, 1.807) is 0 Å². The summed E-state index contributed by atoms with van der Waals surface area (Å²) in [5.41, 5.74) is -4.12. The number of hydrogen-bond acceptors (Lipinski definition) is 5. The fourth-order valence-electron chi connectivity index (χ4n) is 4.06. The van der Waals surface area contributed by atoms with Crippen molar-refractivity contribution in [2.24, 2.45) is 5.92 Å². The molecule has 0 spiro atoms. The molecule has 2 aromatic rings. The van der Waals surface area contributed by atoms with E-state index in [-0.39, 0.29) is 11.3 Å². The Balaban J connectivity index is 2.08. The number of methoxy groups -OCH3 is 1. The van der Waals surface area contributed by atoms with E-state index in [1.165, 1.54) is 0 Å². The molecule has 35 heavy (non-hydrogen) atoms. The van der Waals surface area contributed by atoms with Crippen molar-refractivity contribution >= 4 is 11.6 Å². The molecule has 0 saturated carbocycles. The van der Waals surface area contributed by atoms with E-state index in [2.05, 4.69) is 10.3 Å². The Labute approximate surface area is 195 Å². The van der Waals surface area contributed by atoms with Gasteiger partial charge in [0.1, 0.15) is 18.9 Å². The molecule has 1 unspecified atom stereocenters. The molecule has 0 radical (unpaired) electrons. The van der Waals surface area contributed by atoms with Crippen LogP contribution >= 0.6 is 0 Å². The molecule has 1 saturated heterocycles. The number of nitrogens with one attached hydrogen (secondary N) is 1. The molecule has 2 N–H and O–H groups in total. The number of rotatable bonds is 6. The molecule has 5 atom stereocenters. The van der Waals surface area contributed by atoms with Crippen molar-refractivity contribution in [3.05, 3.63) is 53.1 Å². The topological polar surface area (TPSA) is 80.7 Å². The van der Waals surface area contributed by atoms with E-state index in [0.29, 0.717) is 19.2 Å². The Morgan fingerprint density at radius 1 is 1.29 bits per heavy atom. The minimum Gasteiger partial charge on any atom is -0.493 e. The minimum atomic E-state index is -4.98. The fraction of sp³-hybridized carbons (Fsp3) is 0.455. The maximum Gasteiger partial charge on any atom is 0.417 e. The van der Waals surface area contributed by atoms with Gasteiger partial charge in [-0.2, -0.15) is 17.6 Å². The Kier molecular flexibility index (Phi) is 7.32. The minimum absolute atomic E-state index is 0.268. The first kappa shape index (κ1) is 26.7. The number of halogens is 7. The molecule has 13 heteroatoms. The number of amides is 1. The zero-order valence-corrected chi connectivity index (χ0v) is 18.6. The first-order chi connectivity index (χ1) is 16.3. The second kappa shape index (κ2) is 9.61. The van der Waals surface area contributed by atoms with Crippen LogP contribution in [0.5, 0.6) is 5.75 Å². The van der Waals surface area contributed by atoms with Crippen molar-refractivity contribution in [2.75, 3.05) is 19.1 Å². The Morgan fingerprint density at radius 3 is 2.51 bits per heavy atom. The highest BCUT2D eigenvalue weighted by Gasteiger charge is 2.66. The van der Waals surface area contributed by atoms with Gasteiger partial charge in [0, 0.05) is 17.4 Å². The molecule has 0 aliphatic carbocycles. The van der Waals surface area contributed by atoms with Gasteiger partial charge in [0.05, 0.1) is 24.7 Å². The number of carbonyl (C=O) groups excluding carboxylic acids is 1. The average Bonchev–Trinajstić information content (AvgIpc) is 3.08. The van der Waals surface area contributed by atoms with Gasteiger partial charge in [-0.25, -0.2) is 13.2 Å². The molecule has 3 rings (SSSR count). The summed E-state index contributed by atoms with van der Waals surface area (Å²) in [7, 11) is 0.976. The van der Waals surface area contributed by atoms with E-state index in [9.17, 15) is 40.6 Å². The molecular weight excluding hydrogens is 489 g/mol. The lowest BCUT2D eigenvalue weighted by Gasteiger charge is -2.32. The van der Waals surface area contributed by atoms with E-state index < -0.39 is 77.3 Å². The molecule has 1 aromatic carbocycles. The third-order valence-electron chi connectivity index (χ3n) is 6.19. The van der Waals surface area contributed by atoms with Crippen molar-refractivity contribution in [1.29, 1.82) is 0 Å². The second-order valence-corrected chi connectivity index (χ2v) is 8.19. The number of nitrogens with zero attached hydrogens (tertiary/aromatic N) is 1. The largest absolute Gasteiger partial charge is 0.493 e. The van der Waals surface area contributed by atoms with Gasteiger partial charge in [-0.15, -0.1) is 0 Å². The number of anilines is 1. The molecular formula is C22H21F7N2O4. The first-order valence-electron chi connectivity index (χ1n) is 10.2. The van der Waals surface area contributed by atoms with Crippen molar-refractivity contribution in [3.63, 3.8) is 0 Å². The predicted octanol–water partition coefficient (Wildman–Crippen LogP) is 4.59. The standard InChI is InChI=1S/C22H21F7N2O4/c1-9-16(10-4-5-11(24)17(26)18(10)34-3)19(35-21(9,2)22(27,28)29)20(33)31-13-6-14(15(32)7-23)30-8-12(13)25/h4-6,8-9,15-16,19,32H,7H2,1-3H3,(H,30,31,33)/t9-,15?,16-,19+,21+/m0/s1. The number of carbonyl (C=O) groups is 1. The normalized spacial score (nSPS) is 25.4. The number of aliphatic hydroxyl groups excluding tert-OH is 1. The monoisotopic (exact) mass is 510 g/mol. The van der Waals surface area contributed by atoms with Crippen LogP contribution in [0.3, 0.4) is 0 Å². The number of hydrogen-bond donors (Lipinski definition) is 2. The summed E-state index contributed by atoms with van der Waals surface area (Å²) in [5, 5.41) is 11.6. The maximum atomic E-state index is 14.4. The number of benzene rings is 1. The van der Waals surface area contributed by atoms with Gasteiger partial charge in [0.25, 0.3) is 5.91 Å². The SMILES string of the molecule is COc1c([C@H]2[C@H](C(=O)Nc3cc(C(O)CF)ncc3F)O[C@@](C)(C(F)(F)F)[C@H]2C)ccc(F)c1F. The quantitative estimate of drug-likeness (QED) is 0.556. The second-order valence-electron chi connectivity index (χ2n) is 8.19. The molecule has 1 fully saturated rings. The van der Waals surface area contributed by atoms with E-state index in [4.69, 9.17) is 9.47 Å². The van der Waals surface area contributed by atoms with Gasteiger partial charge in [-0.1, -0.05) is 13.0 Å². The number of aromatic nitrogens is 1. The molecule has 2 heterocycles. The summed E-state index contributed by atoms with van der Waals surface area (Å²) in [6, 6.07) is 2.46. The van der Waals surface area contributed by atoms with Crippen LogP contribution < -0.4 is 10.1 Å². The Bertz CT molecular complexity index is 1110. The Hall–Kier alpha value is -2.93. The smallest absolute Gasteiger partial charge is 0.417 e. The highest BCUT2D eigenvalue weighted by atomic mass is 19.4. The average molecular weight is 510 g/mol. The van der Waals surface area contributed by atoms with Crippen molar-refractivity contribution in [3.8, 4) is 5.75 Å². The molecule has 1 aliphatic heterocycles. The van der Waals surface area contributed by atoms with E-state index in [0.717, 1.165) is 26.2 Å². The van der Waals surface area contributed by atoms with Crippen LogP contribution in [0.1, 0.15) is 37.1 Å². The molecule has 192 valence electrons. The van der Waals surface area contributed by atoms with Gasteiger partial charge in [0.2, 0.25) is 5.82 Å². The van der Waals surface area contributed by atoms with Crippen LogP contribution in [0.4, 0.5) is 36.4 Å². The van der Waals surface area contributed by atoms with E-state index in [1.807, 2.05) is 0 Å². The van der Waals surface area contributed by atoms with Crippen molar-refractivity contribution < 1.29 is 50.1 Å². The number of alkyl halides is 4. The third kappa shape index (κ3) is 4.66. The molecule has 1 amide bonds. The highest BCUT2D eigenvalue weighted by molar-refractivity contribution is 5.95. The molecule has 1 aliphatic rings. The number of pyridine rings is 1. The fourth-order valence-corrected chi connectivity index (χ4v) is 4.06. The van der Waals surface area contributed by atoms with Crippen molar-refractivity contribution in [1.82, 2.24) is 4.98 Å². The van der Waals surface area contributed by atoms with Gasteiger partial charge < -0.3 is 19.9 Å². The Morgan fingerprint density at radius 2 is 1.94 bits per heavy atom. The van der Waals surface area contributed by atoms with Gasteiger partial charge in [0.15, 0.2) is 23.0 Å². The van der Waals surface area contributed by atoms with Gasteiger partial charge in [-0.05, 0) is 19.1 Å². The summed E-state index contributed by atoms with van der Waals surface area (Å²) in [6.45, 7) is 0.555. The van der Waals surface area contributed by atoms with Crippen LogP contribution in [0.2, 0.25) is 0 Å². The zero-order valence-electron chi connectivity index (χ0n) is 18.6. The van der Waals surface area contributed by atoms with E-state index >= 15 is 0 Å². The summed E-state index contributed by atoms with van der Waals surface area (Å²) in [5.74, 6) is -8.91. The summed E-state index contributed by atoms with van der Waals surface area (Å²) in [4.78, 5) is 16.6. The lowest BCUT2D eigenvalue weighted by molar-refractivity contribution is -0.272. The summed E-state index contributed by atoms with van der Waals surface area (Å²) < 4.78 is 107. The third-order valence-corrected chi connectivity index (χ3v) is 6.19. The summed E-state index contributed by atoms with van der Waals surface area (Å²) >= 11 is 0. The van der Waals surface area contributed by atoms with Gasteiger partial charge >= 0.3 is 6.18 Å². The lowest BCUT2D eigenvalue weighted by Crippen LogP contribution is -2.47. The first-order valence-corrected chi connectivity index (χ1v) is 10.2. The highest BCUT2D eigenvalue weighted by Crippen LogP contribution is 2.55. The van der Waals surface area contributed by atoms with Crippen LogP contribution in [0, 0.1) is 23.4 Å². The van der Waals surface area contributed by atoms with Crippen LogP contribution in [-0.2, 0) is 9.53 Å². The predicted molar refractivity (Wildman–Crippen MR) is 108 cm³/mol. The number of aliphatic hydroxyl groups is 1. The maximum absolute atomic E-state index is 14.4. The summed E-state index contributed by atoms with van der Waals surface area (Å²) in [6.07, 6.45) is -8.09. The molecule has 1 aromatic heterocycles. The molecule has 6 nitrogen and oxygen atoms in total.